The lowest BCUT2D eigenvalue weighted by molar-refractivity contribution is 0.164. The topological polar surface area (TPSA) is 20.2 Å². The zero-order valence-corrected chi connectivity index (χ0v) is 13.6. The van der Waals surface area contributed by atoms with Gasteiger partial charge in [-0.2, -0.15) is 0 Å². The number of allylic oxidation sites excluding steroid dienone is 1. The van der Waals surface area contributed by atoms with Crippen molar-refractivity contribution < 1.29 is 5.11 Å². The second-order valence-corrected chi connectivity index (χ2v) is 6.23. The Morgan fingerprint density at radius 1 is 0.955 bits per heavy atom. The number of benzene rings is 2. The molecular weight excluding hydrogens is 268 g/mol. The fraction of sp³-hybridized carbons (Fsp3) is 0.333. The van der Waals surface area contributed by atoms with Crippen molar-refractivity contribution in [2.45, 2.75) is 39.2 Å². The van der Waals surface area contributed by atoms with Crippen LogP contribution in [0.15, 0.2) is 60.7 Å². The van der Waals surface area contributed by atoms with Crippen molar-refractivity contribution in [3.8, 4) is 0 Å². The molecule has 0 aliphatic rings. The molecular formula is C21H26O. The van der Waals surface area contributed by atoms with Crippen LogP contribution in [0, 0.1) is 5.92 Å². The Balaban J connectivity index is 1.93. The molecule has 1 N–H and O–H groups in total. The van der Waals surface area contributed by atoms with Gasteiger partial charge in [0.2, 0.25) is 0 Å². The molecule has 2 unspecified atom stereocenters. The van der Waals surface area contributed by atoms with Crippen LogP contribution in [-0.4, -0.2) is 11.2 Å². The molecule has 2 atom stereocenters. The van der Waals surface area contributed by atoms with E-state index < -0.39 is 0 Å². The molecule has 0 aliphatic heterocycles. The highest BCUT2D eigenvalue weighted by Gasteiger charge is 2.07. The summed E-state index contributed by atoms with van der Waals surface area (Å²) in [6.45, 7) is 4.06. The van der Waals surface area contributed by atoms with E-state index in [1.807, 2.05) is 13.0 Å². The Bertz CT molecular complexity index is 584. The van der Waals surface area contributed by atoms with Crippen molar-refractivity contribution in [2.75, 3.05) is 0 Å². The van der Waals surface area contributed by atoms with Crippen LogP contribution in [0.1, 0.15) is 37.0 Å². The average Bonchev–Trinajstić information content (AvgIpc) is 2.48. The predicted molar refractivity (Wildman–Crippen MR) is 94.8 cm³/mol. The molecule has 0 fully saturated rings. The minimum atomic E-state index is -0.219. The monoisotopic (exact) mass is 294 g/mol. The van der Waals surface area contributed by atoms with E-state index in [1.165, 1.54) is 16.7 Å². The van der Waals surface area contributed by atoms with Crippen LogP contribution < -0.4 is 0 Å². The van der Waals surface area contributed by atoms with Crippen molar-refractivity contribution in [1.82, 2.24) is 0 Å². The van der Waals surface area contributed by atoms with Crippen LogP contribution in [0.3, 0.4) is 0 Å². The van der Waals surface area contributed by atoms with Gasteiger partial charge in [0.25, 0.3) is 0 Å². The minimum absolute atomic E-state index is 0.219. The van der Waals surface area contributed by atoms with Gasteiger partial charge in [-0.25, -0.2) is 0 Å². The lowest BCUT2D eigenvalue weighted by Crippen LogP contribution is -2.09. The first-order valence-corrected chi connectivity index (χ1v) is 8.11. The summed E-state index contributed by atoms with van der Waals surface area (Å²) in [5, 5.41) is 9.47. The van der Waals surface area contributed by atoms with E-state index in [9.17, 15) is 5.11 Å². The fourth-order valence-corrected chi connectivity index (χ4v) is 2.84. The van der Waals surface area contributed by atoms with Crippen LogP contribution in [0.2, 0.25) is 0 Å². The normalized spacial score (nSPS) is 14.1. The quantitative estimate of drug-likeness (QED) is 0.770. The third kappa shape index (κ3) is 5.87. The molecule has 0 bridgehead atoms. The fourth-order valence-electron chi connectivity index (χ4n) is 2.84. The van der Waals surface area contributed by atoms with Gasteiger partial charge >= 0.3 is 0 Å². The second-order valence-electron chi connectivity index (χ2n) is 6.23. The van der Waals surface area contributed by atoms with Crippen LogP contribution >= 0.6 is 0 Å². The maximum atomic E-state index is 9.47. The molecule has 0 aliphatic carbocycles. The second kappa shape index (κ2) is 8.55. The van der Waals surface area contributed by atoms with Crippen LogP contribution in [0.4, 0.5) is 0 Å². The van der Waals surface area contributed by atoms with Crippen molar-refractivity contribution in [2.24, 2.45) is 5.92 Å². The standard InChI is InChI=1S/C21H26O/c1-17(14-18(2)22)15-21-13-7-12-20(16-21)11-6-10-19-8-4-3-5-9-19/h3-9,11-13,16-18,22H,10,14-15H2,1-2H3. The minimum Gasteiger partial charge on any atom is -0.393 e. The Kier molecular flexibility index (Phi) is 6.42. The zero-order valence-electron chi connectivity index (χ0n) is 13.6. The highest BCUT2D eigenvalue weighted by atomic mass is 16.3. The summed E-state index contributed by atoms with van der Waals surface area (Å²) in [7, 11) is 0. The summed E-state index contributed by atoms with van der Waals surface area (Å²) in [6, 6.07) is 19.2. The van der Waals surface area contributed by atoms with Crippen molar-refractivity contribution in [1.29, 1.82) is 0 Å². The first-order valence-electron chi connectivity index (χ1n) is 8.11. The number of hydrogen-bond acceptors (Lipinski definition) is 1. The number of aliphatic hydroxyl groups is 1. The van der Waals surface area contributed by atoms with Gasteiger partial charge in [-0.05, 0) is 48.8 Å². The van der Waals surface area contributed by atoms with Crippen molar-refractivity contribution in [3.05, 3.63) is 77.4 Å². The van der Waals surface area contributed by atoms with Gasteiger partial charge in [0.1, 0.15) is 0 Å². The molecule has 1 nitrogen and oxygen atoms in total. The molecule has 0 spiro atoms. The van der Waals surface area contributed by atoms with Crippen molar-refractivity contribution in [3.63, 3.8) is 0 Å². The lowest BCUT2D eigenvalue weighted by atomic mass is 9.95. The molecule has 1 heteroatoms. The molecule has 2 aromatic rings. The summed E-state index contributed by atoms with van der Waals surface area (Å²) in [6.07, 6.45) is 7.02. The third-order valence-electron chi connectivity index (χ3n) is 3.79. The molecule has 2 rings (SSSR count). The molecule has 22 heavy (non-hydrogen) atoms. The summed E-state index contributed by atoms with van der Waals surface area (Å²) < 4.78 is 0. The summed E-state index contributed by atoms with van der Waals surface area (Å²) in [5.41, 5.74) is 3.92. The molecule has 0 aromatic heterocycles. The van der Waals surface area contributed by atoms with E-state index in [0.29, 0.717) is 5.92 Å². The third-order valence-corrected chi connectivity index (χ3v) is 3.79. The molecule has 116 valence electrons. The first-order chi connectivity index (χ1) is 10.6. The average molecular weight is 294 g/mol. The lowest BCUT2D eigenvalue weighted by Gasteiger charge is -2.13. The maximum absolute atomic E-state index is 9.47. The van der Waals surface area contributed by atoms with Gasteiger partial charge < -0.3 is 5.11 Å². The SMILES string of the molecule is CC(O)CC(C)Cc1cccc(C=CCc2ccccc2)c1. The van der Waals surface area contributed by atoms with Crippen LogP contribution in [-0.2, 0) is 12.8 Å². The Labute approximate surface area is 134 Å². The Hall–Kier alpha value is -1.86. The first kappa shape index (κ1) is 16.5. The zero-order chi connectivity index (χ0) is 15.8. The summed E-state index contributed by atoms with van der Waals surface area (Å²) in [4.78, 5) is 0. The van der Waals surface area contributed by atoms with Gasteiger partial charge in [0, 0.05) is 0 Å². The molecule has 2 aromatic carbocycles. The smallest absolute Gasteiger partial charge is 0.0514 e. The van der Waals surface area contributed by atoms with E-state index in [0.717, 1.165) is 19.3 Å². The van der Waals surface area contributed by atoms with Crippen LogP contribution in [0.25, 0.3) is 6.08 Å². The molecule has 0 amide bonds. The predicted octanol–water partition coefficient (Wildman–Crippen LogP) is 4.89. The van der Waals surface area contributed by atoms with Crippen molar-refractivity contribution >= 4 is 6.08 Å². The van der Waals surface area contributed by atoms with Crippen LogP contribution in [0.5, 0.6) is 0 Å². The number of rotatable bonds is 7. The molecule has 0 heterocycles. The van der Waals surface area contributed by atoms with E-state index in [1.54, 1.807) is 0 Å². The van der Waals surface area contributed by atoms with Gasteiger partial charge in [0.05, 0.1) is 6.10 Å². The Morgan fingerprint density at radius 3 is 2.41 bits per heavy atom. The maximum Gasteiger partial charge on any atom is 0.0514 e. The molecule has 0 radical (unpaired) electrons. The van der Waals surface area contributed by atoms with E-state index >= 15 is 0 Å². The largest absolute Gasteiger partial charge is 0.393 e. The highest BCUT2D eigenvalue weighted by Crippen LogP contribution is 2.16. The van der Waals surface area contributed by atoms with Gasteiger partial charge in [-0.3, -0.25) is 0 Å². The van der Waals surface area contributed by atoms with E-state index in [4.69, 9.17) is 0 Å². The van der Waals surface area contributed by atoms with E-state index in [-0.39, 0.29) is 6.10 Å². The summed E-state index contributed by atoms with van der Waals surface area (Å²) in [5.74, 6) is 0.503. The van der Waals surface area contributed by atoms with Gasteiger partial charge in [-0.15, -0.1) is 0 Å². The number of aliphatic hydroxyl groups excluding tert-OH is 1. The molecule has 0 saturated carbocycles. The highest BCUT2D eigenvalue weighted by molar-refractivity contribution is 5.50. The number of hydrogen-bond donors (Lipinski definition) is 1. The van der Waals surface area contributed by atoms with Gasteiger partial charge in [-0.1, -0.05) is 73.7 Å². The Morgan fingerprint density at radius 2 is 1.68 bits per heavy atom. The summed E-state index contributed by atoms with van der Waals surface area (Å²) >= 11 is 0. The van der Waals surface area contributed by atoms with Gasteiger partial charge in [0.15, 0.2) is 0 Å². The van der Waals surface area contributed by atoms with E-state index in [2.05, 4.69) is 67.6 Å². The molecule has 0 saturated heterocycles.